The van der Waals surface area contributed by atoms with Crippen molar-refractivity contribution in [2.45, 2.75) is 13.8 Å². The molecule has 2 rings (SSSR count). The molecule has 0 saturated carbocycles. The Morgan fingerprint density at radius 1 is 1.35 bits per heavy atom. The number of thiazole rings is 1. The maximum absolute atomic E-state index is 13.6. The largest absolute Gasteiger partial charge is 0.464 e. The summed E-state index contributed by atoms with van der Waals surface area (Å²) in [5, 5.41) is 0.412. The first-order chi connectivity index (χ1) is 9.43. The lowest BCUT2D eigenvalue weighted by Crippen LogP contribution is -2.06. The Balaban J connectivity index is 2.55. The fraction of sp³-hybridized carbons (Fsp3) is 0.214. The molecule has 0 spiro atoms. The van der Waals surface area contributed by atoms with Crippen molar-refractivity contribution in [1.82, 2.24) is 4.98 Å². The normalized spacial score (nSPS) is 10.4. The van der Waals surface area contributed by atoms with E-state index in [1.807, 2.05) is 0 Å². The molecule has 104 valence electrons. The molecule has 0 N–H and O–H groups in total. The van der Waals surface area contributed by atoms with Gasteiger partial charge in [-0.05, 0) is 18.6 Å². The second-order valence-electron chi connectivity index (χ2n) is 4.21. The van der Waals surface area contributed by atoms with Gasteiger partial charge >= 0.3 is 5.97 Å². The van der Waals surface area contributed by atoms with Gasteiger partial charge in [0.05, 0.1) is 7.11 Å². The van der Waals surface area contributed by atoms with E-state index in [1.54, 1.807) is 19.1 Å². The highest BCUT2D eigenvalue weighted by Gasteiger charge is 2.22. The van der Waals surface area contributed by atoms with Crippen LogP contribution in [0.3, 0.4) is 0 Å². The third kappa shape index (κ3) is 2.60. The number of esters is 1. The number of aromatic nitrogens is 1. The van der Waals surface area contributed by atoms with Gasteiger partial charge in [0.25, 0.3) is 0 Å². The molecule has 0 atom stereocenters. The summed E-state index contributed by atoms with van der Waals surface area (Å²) in [6.07, 6.45) is 0. The molecule has 6 heteroatoms. The van der Waals surface area contributed by atoms with E-state index in [-0.39, 0.29) is 22.2 Å². The average Bonchev–Trinajstić information content (AvgIpc) is 2.86. The van der Waals surface area contributed by atoms with Crippen molar-refractivity contribution in [3.05, 3.63) is 40.2 Å². The molecule has 0 bridgehead atoms. The van der Waals surface area contributed by atoms with Gasteiger partial charge in [0.1, 0.15) is 15.7 Å². The number of carbonyl (C=O) groups excluding carboxylic acids is 2. The molecule has 1 aromatic heterocycles. The number of hydrogen-bond donors (Lipinski definition) is 0. The lowest BCUT2D eigenvalue weighted by Gasteiger charge is -1.99. The number of ether oxygens (including phenoxy) is 1. The first-order valence-electron chi connectivity index (χ1n) is 5.80. The molecule has 0 radical (unpaired) electrons. The predicted octanol–water partition coefficient (Wildman–Crippen LogP) is 3.25. The van der Waals surface area contributed by atoms with E-state index < -0.39 is 5.97 Å². The summed E-state index contributed by atoms with van der Waals surface area (Å²) in [7, 11) is 1.22. The van der Waals surface area contributed by atoms with Crippen molar-refractivity contribution < 1.29 is 18.7 Å². The lowest BCUT2D eigenvalue weighted by atomic mass is 10.1. The van der Waals surface area contributed by atoms with Crippen LogP contribution in [0.2, 0.25) is 0 Å². The van der Waals surface area contributed by atoms with E-state index in [1.165, 1.54) is 20.1 Å². The van der Waals surface area contributed by atoms with Gasteiger partial charge in [0, 0.05) is 12.5 Å². The van der Waals surface area contributed by atoms with Crippen molar-refractivity contribution in [2.75, 3.05) is 7.11 Å². The summed E-state index contributed by atoms with van der Waals surface area (Å²) in [6, 6.07) is 4.65. The molecule has 1 aromatic carbocycles. The monoisotopic (exact) mass is 293 g/mol. The SMILES string of the molecule is COC(=O)c1nc(-c2ccc(C)c(F)c2)sc1C(C)=O. The summed E-state index contributed by atoms with van der Waals surface area (Å²) in [5.41, 5.74) is 1.02. The van der Waals surface area contributed by atoms with Gasteiger partial charge in [-0.3, -0.25) is 4.79 Å². The summed E-state index contributed by atoms with van der Waals surface area (Å²) in [4.78, 5) is 27.5. The Bertz CT molecular complexity index is 694. The van der Waals surface area contributed by atoms with Crippen LogP contribution < -0.4 is 0 Å². The maximum atomic E-state index is 13.6. The van der Waals surface area contributed by atoms with Crippen LogP contribution in [0.4, 0.5) is 4.39 Å². The fourth-order valence-electron chi connectivity index (χ4n) is 1.64. The molecule has 0 amide bonds. The quantitative estimate of drug-likeness (QED) is 0.644. The number of rotatable bonds is 3. The molecule has 0 aliphatic rings. The van der Waals surface area contributed by atoms with Crippen LogP contribution in [-0.4, -0.2) is 23.8 Å². The van der Waals surface area contributed by atoms with Gasteiger partial charge in [-0.2, -0.15) is 0 Å². The number of halogens is 1. The zero-order valence-electron chi connectivity index (χ0n) is 11.2. The number of ketones is 1. The third-order valence-electron chi connectivity index (χ3n) is 2.74. The van der Waals surface area contributed by atoms with E-state index in [2.05, 4.69) is 9.72 Å². The first-order valence-corrected chi connectivity index (χ1v) is 6.62. The number of nitrogens with zero attached hydrogens (tertiary/aromatic N) is 1. The summed E-state index contributed by atoms with van der Waals surface area (Å²) < 4.78 is 18.2. The smallest absolute Gasteiger partial charge is 0.358 e. The van der Waals surface area contributed by atoms with Crippen molar-refractivity contribution in [3.63, 3.8) is 0 Å². The Morgan fingerprint density at radius 2 is 2.05 bits per heavy atom. The number of methoxy groups -OCH3 is 1. The van der Waals surface area contributed by atoms with Gasteiger partial charge < -0.3 is 4.74 Å². The Hall–Kier alpha value is -2.08. The summed E-state index contributed by atoms with van der Waals surface area (Å²) in [5.74, 6) is -1.31. The van der Waals surface area contributed by atoms with Gasteiger partial charge in [-0.15, -0.1) is 11.3 Å². The zero-order valence-corrected chi connectivity index (χ0v) is 12.0. The van der Waals surface area contributed by atoms with Crippen molar-refractivity contribution in [2.24, 2.45) is 0 Å². The molecule has 0 saturated heterocycles. The van der Waals surface area contributed by atoms with Gasteiger partial charge in [0.2, 0.25) is 0 Å². The van der Waals surface area contributed by atoms with Crippen LogP contribution >= 0.6 is 11.3 Å². The van der Waals surface area contributed by atoms with Crippen LogP contribution in [0.5, 0.6) is 0 Å². The van der Waals surface area contributed by atoms with E-state index >= 15 is 0 Å². The van der Waals surface area contributed by atoms with Crippen molar-refractivity contribution >= 4 is 23.1 Å². The second kappa shape index (κ2) is 5.50. The standard InChI is InChI=1S/C14H12FNO3S/c1-7-4-5-9(6-10(7)15)13-16-11(14(18)19-3)12(20-13)8(2)17/h4-6H,1-3H3. The third-order valence-corrected chi connectivity index (χ3v) is 3.95. The predicted molar refractivity (Wildman–Crippen MR) is 73.6 cm³/mol. The summed E-state index contributed by atoms with van der Waals surface area (Å²) in [6.45, 7) is 3.00. The summed E-state index contributed by atoms with van der Waals surface area (Å²) >= 11 is 1.05. The van der Waals surface area contributed by atoms with Crippen LogP contribution in [-0.2, 0) is 4.74 Å². The number of carbonyl (C=O) groups is 2. The number of benzene rings is 1. The van der Waals surface area contributed by atoms with Crippen LogP contribution in [0.25, 0.3) is 10.6 Å². The molecule has 2 aromatic rings. The first kappa shape index (κ1) is 14.3. The molecular formula is C14H12FNO3S. The van der Waals surface area contributed by atoms with E-state index in [0.717, 1.165) is 11.3 Å². The Labute approximate surface area is 119 Å². The van der Waals surface area contributed by atoms with Crippen LogP contribution in [0.15, 0.2) is 18.2 Å². The number of aryl methyl sites for hydroxylation is 1. The van der Waals surface area contributed by atoms with Gasteiger partial charge in [0.15, 0.2) is 11.5 Å². The fourth-order valence-corrected chi connectivity index (χ4v) is 2.59. The van der Waals surface area contributed by atoms with Crippen molar-refractivity contribution in [1.29, 1.82) is 0 Å². The zero-order chi connectivity index (χ0) is 14.9. The van der Waals surface area contributed by atoms with E-state index in [0.29, 0.717) is 16.1 Å². The second-order valence-corrected chi connectivity index (χ2v) is 5.21. The highest BCUT2D eigenvalue weighted by atomic mass is 32.1. The maximum Gasteiger partial charge on any atom is 0.358 e. The molecule has 4 nitrogen and oxygen atoms in total. The molecule has 1 heterocycles. The Morgan fingerprint density at radius 3 is 2.60 bits per heavy atom. The van der Waals surface area contributed by atoms with Crippen LogP contribution in [0, 0.1) is 12.7 Å². The molecule has 0 aliphatic carbocycles. The van der Waals surface area contributed by atoms with E-state index in [9.17, 15) is 14.0 Å². The molecule has 0 unspecified atom stereocenters. The van der Waals surface area contributed by atoms with Gasteiger partial charge in [-0.25, -0.2) is 14.2 Å². The minimum Gasteiger partial charge on any atom is -0.464 e. The Kier molecular flexibility index (Phi) is 3.94. The van der Waals surface area contributed by atoms with Crippen LogP contribution in [0.1, 0.15) is 32.6 Å². The average molecular weight is 293 g/mol. The van der Waals surface area contributed by atoms with Gasteiger partial charge in [-0.1, -0.05) is 12.1 Å². The highest BCUT2D eigenvalue weighted by Crippen LogP contribution is 2.30. The van der Waals surface area contributed by atoms with Crippen molar-refractivity contribution in [3.8, 4) is 10.6 Å². The molecule has 20 heavy (non-hydrogen) atoms. The number of Topliss-reactive ketones (excluding diaryl/α,β-unsaturated/α-hetero) is 1. The molecule has 0 aliphatic heterocycles. The van der Waals surface area contributed by atoms with E-state index in [4.69, 9.17) is 0 Å². The topological polar surface area (TPSA) is 56.3 Å². The molecule has 0 fully saturated rings. The lowest BCUT2D eigenvalue weighted by molar-refractivity contribution is 0.0591. The minimum absolute atomic E-state index is 0.0269. The molecular weight excluding hydrogens is 281 g/mol. The minimum atomic E-state index is -0.676. The number of hydrogen-bond acceptors (Lipinski definition) is 5. The highest BCUT2D eigenvalue weighted by molar-refractivity contribution is 7.17.